The Morgan fingerprint density at radius 3 is 2.43 bits per heavy atom. The number of nitrogens with zero attached hydrogens (tertiary/aromatic N) is 2. The highest BCUT2D eigenvalue weighted by atomic mass is 32.1. The second kappa shape index (κ2) is 8.27. The van der Waals surface area contributed by atoms with Gasteiger partial charge in [0.05, 0.1) is 27.2 Å². The summed E-state index contributed by atoms with van der Waals surface area (Å²) in [4.78, 5) is 32.6. The zero-order chi connectivity index (χ0) is 20.4. The molecule has 0 saturated carbocycles. The van der Waals surface area contributed by atoms with Gasteiger partial charge in [0, 0.05) is 6.54 Å². The van der Waals surface area contributed by atoms with E-state index in [2.05, 4.69) is 18.8 Å². The molecule has 2 heterocycles. The van der Waals surface area contributed by atoms with E-state index in [1.54, 1.807) is 11.8 Å². The molecular weight excluding hydrogens is 372 g/mol. The van der Waals surface area contributed by atoms with Crippen molar-refractivity contribution in [3.05, 3.63) is 62.3 Å². The van der Waals surface area contributed by atoms with Gasteiger partial charge in [0.25, 0.3) is 5.91 Å². The van der Waals surface area contributed by atoms with Crippen LogP contribution in [0.25, 0.3) is 0 Å². The van der Waals surface area contributed by atoms with Gasteiger partial charge in [0.2, 0.25) is 5.78 Å². The van der Waals surface area contributed by atoms with Gasteiger partial charge in [-0.3, -0.25) is 9.59 Å². The van der Waals surface area contributed by atoms with E-state index in [0.717, 1.165) is 29.8 Å². The molecule has 0 bridgehead atoms. The van der Waals surface area contributed by atoms with Crippen LogP contribution in [-0.2, 0) is 11.2 Å². The minimum absolute atomic E-state index is 0.164. The van der Waals surface area contributed by atoms with Gasteiger partial charge in [0.1, 0.15) is 0 Å². The van der Waals surface area contributed by atoms with Crippen LogP contribution in [0.3, 0.4) is 0 Å². The van der Waals surface area contributed by atoms with Crippen LogP contribution in [0.1, 0.15) is 64.2 Å². The normalized spacial score (nSPS) is 16.9. The molecule has 6 heteroatoms. The molecule has 148 valence electrons. The van der Waals surface area contributed by atoms with E-state index < -0.39 is 17.7 Å². The molecule has 1 aromatic carbocycles. The van der Waals surface area contributed by atoms with Crippen LogP contribution >= 0.6 is 11.3 Å². The molecule has 2 aromatic rings. The highest BCUT2D eigenvalue weighted by Gasteiger charge is 2.44. The van der Waals surface area contributed by atoms with Gasteiger partial charge < -0.3 is 10.0 Å². The molecule has 28 heavy (non-hydrogen) atoms. The number of benzene rings is 1. The Balaban J connectivity index is 2.08. The van der Waals surface area contributed by atoms with Crippen LogP contribution < -0.4 is 0 Å². The fourth-order valence-electron chi connectivity index (χ4n) is 3.59. The summed E-state index contributed by atoms with van der Waals surface area (Å²) >= 11 is 1.30. The van der Waals surface area contributed by atoms with Gasteiger partial charge in [-0.25, -0.2) is 4.98 Å². The number of aliphatic hydroxyl groups excluding tert-OH is 1. The van der Waals surface area contributed by atoms with Crippen molar-refractivity contribution in [3.8, 4) is 0 Å². The Morgan fingerprint density at radius 2 is 1.89 bits per heavy atom. The second-order valence-electron chi connectivity index (χ2n) is 7.09. The largest absolute Gasteiger partial charge is 0.503 e. The number of amides is 1. The van der Waals surface area contributed by atoms with Crippen LogP contribution in [0.5, 0.6) is 0 Å². The zero-order valence-corrected chi connectivity index (χ0v) is 17.6. The van der Waals surface area contributed by atoms with E-state index >= 15 is 0 Å². The topological polar surface area (TPSA) is 70.5 Å². The van der Waals surface area contributed by atoms with E-state index in [0.29, 0.717) is 17.1 Å². The van der Waals surface area contributed by atoms with Gasteiger partial charge >= 0.3 is 0 Å². The molecule has 1 N–H and O–H groups in total. The highest BCUT2D eigenvalue weighted by Crippen LogP contribution is 2.40. The summed E-state index contributed by atoms with van der Waals surface area (Å²) in [6.07, 6.45) is 2.64. The first-order chi connectivity index (χ1) is 13.4. The monoisotopic (exact) mass is 398 g/mol. The Morgan fingerprint density at radius 1 is 1.21 bits per heavy atom. The zero-order valence-electron chi connectivity index (χ0n) is 16.8. The number of ketones is 1. The molecular formula is C22H26N2O3S. The lowest BCUT2D eigenvalue weighted by molar-refractivity contribution is -0.129. The summed E-state index contributed by atoms with van der Waals surface area (Å²) in [5.74, 6) is -1.21. The van der Waals surface area contributed by atoms with Crippen molar-refractivity contribution in [1.29, 1.82) is 0 Å². The molecule has 1 amide bonds. The molecule has 0 spiro atoms. The summed E-state index contributed by atoms with van der Waals surface area (Å²) in [7, 11) is 0. The minimum Gasteiger partial charge on any atom is -0.503 e. The lowest BCUT2D eigenvalue weighted by atomic mass is 9.94. The van der Waals surface area contributed by atoms with E-state index in [1.807, 2.05) is 31.2 Å². The van der Waals surface area contributed by atoms with Crippen molar-refractivity contribution < 1.29 is 14.7 Å². The molecule has 5 nitrogen and oxygen atoms in total. The maximum atomic E-state index is 13.3. The number of Topliss-reactive ketones (excluding diaryl/α,β-unsaturated/α-hetero) is 1. The van der Waals surface area contributed by atoms with Crippen LogP contribution in [-0.4, -0.2) is 33.2 Å². The number of carbonyl (C=O) groups excluding carboxylic acids is 2. The first-order valence-corrected chi connectivity index (χ1v) is 10.5. The summed E-state index contributed by atoms with van der Waals surface area (Å²) < 4.78 is 0. The first kappa shape index (κ1) is 20.3. The van der Waals surface area contributed by atoms with Gasteiger partial charge in [-0.1, -0.05) is 44.5 Å². The van der Waals surface area contributed by atoms with Gasteiger partial charge in [-0.2, -0.15) is 0 Å². The average Bonchev–Trinajstić information content (AvgIpc) is 3.16. The third-order valence-electron chi connectivity index (χ3n) is 5.11. The molecule has 3 rings (SSSR count). The summed E-state index contributed by atoms with van der Waals surface area (Å²) in [5, 5.41) is 11.4. The lowest BCUT2D eigenvalue weighted by Gasteiger charge is -2.26. The van der Waals surface area contributed by atoms with Crippen LogP contribution in [0.15, 0.2) is 35.6 Å². The van der Waals surface area contributed by atoms with Crippen molar-refractivity contribution in [3.63, 3.8) is 0 Å². The minimum atomic E-state index is -0.570. The maximum Gasteiger partial charge on any atom is 0.290 e. The molecule has 1 aliphatic heterocycles. The van der Waals surface area contributed by atoms with Gasteiger partial charge in [-0.05, 0) is 37.8 Å². The number of aliphatic hydroxyl groups is 1. The number of rotatable bonds is 7. The number of aromatic nitrogens is 1. The number of unbranched alkanes of at least 4 members (excludes halogenated alkanes) is 1. The van der Waals surface area contributed by atoms with Crippen molar-refractivity contribution in [2.24, 2.45) is 0 Å². The Kier molecular flexibility index (Phi) is 5.98. The third kappa shape index (κ3) is 3.61. The van der Waals surface area contributed by atoms with E-state index in [-0.39, 0.29) is 11.4 Å². The first-order valence-electron chi connectivity index (χ1n) is 9.70. The second-order valence-corrected chi connectivity index (χ2v) is 8.29. The SMILES string of the molecule is CCCCN1C(=O)C(O)=C(C(=O)c2sc(C)nc2C)C1c1ccc(CC)cc1. The predicted octanol–water partition coefficient (Wildman–Crippen LogP) is 4.70. The summed E-state index contributed by atoms with van der Waals surface area (Å²) in [6.45, 7) is 8.25. The third-order valence-corrected chi connectivity index (χ3v) is 6.19. The van der Waals surface area contributed by atoms with Crippen molar-refractivity contribution in [1.82, 2.24) is 9.88 Å². The van der Waals surface area contributed by atoms with E-state index in [1.165, 1.54) is 16.9 Å². The molecule has 1 atom stereocenters. The average molecular weight is 399 g/mol. The number of aryl methyl sites for hydroxylation is 3. The number of hydrogen-bond donors (Lipinski definition) is 1. The molecule has 0 saturated heterocycles. The Labute approximate surface area is 169 Å². The lowest BCUT2D eigenvalue weighted by Crippen LogP contribution is -2.32. The van der Waals surface area contributed by atoms with Crippen LogP contribution in [0.4, 0.5) is 0 Å². The van der Waals surface area contributed by atoms with Crippen molar-refractivity contribution in [2.45, 2.75) is 53.0 Å². The van der Waals surface area contributed by atoms with E-state index in [4.69, 9.17) is 0 Å². The quantitative estimate of drug-likeness (QED) is 0.686. The Hall–Kier alpha value is -2.47. The smallest absolute Gasteiger partial charge is 0.290 e. The molecule has 0 fully saturated rings. The fraction of sp³-hybridized carbons (Fsp3) is 0.409. The maximum absolute atomic E-state index is 13.3. The number of carbonyl (C=O) groups is 2. The standard InChI is InChI=1S/C22H26N2O3S/c1-5-7-12-24-18(16-10-8-15(6-2)9-11-16)17(20(26)22(24)27)19(25)21-13(3)23-14(4)28-21/h8-11,18,26H,5-7,12H2,1-4H3. The Bertz CT molecular complexity index is 928. The number of hydrogen-bond acceptors (Lipinski definition) is 5. The number of thiazole rings is 1. The van der Waals surface area contributed by atoms with Crippen molar-refractivity contribution in [2.75, 3.05) is 6.54 Å². The van der Waals surface area contributed by atoms with Crippen LogP contribution in [0, 0.1) is 13.8 Å². The van der Waals surface area contributed by atoms with Crippen LogP contribution in [0.2, 0.25) is 0 Å². The van der Waals surface area contributed by atoms with Gasteiger partial charge in [-0.15, -0.1) is 11.3 Å². The molecule has 1 aliphatic rings. The summed E-state index contributed by atoms with van der Waals surface area (Å²) in [6, 6.07) is 7.35. The summed E-state index contributed by atoms with van der Waals surface area (Å²) in [5.41, 5.74) is 2.82. The van der Waals surface area contributed by atoms with Gasteiger partial charge in [0.15, 0.2) is 5.76 Å². The predicted molar refractivity (Wildman–Crippen MR) is 111 cm³/mol. The van der Waals surface area contributed by atoms with Crippen molar-refractivity contribution >= 4 is 23.0 Å². The molecule has 0 aliphatic carbocycles. The highest BCUT2D eigenvalue weighted by molar-refractivity contribution is 7.14. The van der Waals surface area contributed by atoms with E-state index in [9.17, 15) is 14.7 Å². The fourth-order valence-corrected chi connectivity index (χ4v) is 4.47. The molecule has 1 aromatic heterocycles. The molecule has 1 unspecified atom stereocenters. The molecule has 0 radical (unpaired) electrons.